The summed E-state index contributed by atoms with van der Waals surface area (Å²) in [6.07, 6.45) is 1.87. The van der Waals surface area contributed by atoms with Gasteiger partial charge in [-0.15, -0.1) is 0 Å². The SMILES string of the molecule is CCN(CC)S(=O)(=O)c1ccc(Cl)c(C(=O)N[C@H](C)CCC(C)C)c1. The van der Waals surface area contributed by atoms with E-state index in [1.54, 1.807) is 13.8 Å². The van der Waals surface area contributed by atoms with E-state index in [0.29, 0.717) is 19.0 Å². The van der Waals surface area contributed by atoms with Crippen molar-refractivity contribution in [1.29, 1.82) is 0 Å². The van der Waals surface area contributed by atoms with Gasteiger partial charge in [0.15, 0.2) is 0 Å². The first-order chi connectivity index (χ1) is 11.6. The third kappa shape index (κ3) is 5.97. The minimum atomic E-state index is -3.63. The summed E-state index contributed by atoms with van der Waals surface area (Å²) in [7, 11) is -3.63. The molecule has 0 aliphatic carbocycles. The number of carbonyl (C=O) groups is 1. The van der Waals surface area contributed by atoms with Gasteiger partial charge in [-0.05, 0) is 43.9 Å². The van der Waals surface area contributed by atoms with E-state index >= 15 is 0 Å². The highest BCUT2D eigenvalue weighted by Gasteiger charge is 2.24. The molecule has 0 aliphatic rings. The van der Waals surface area contributed by atoms with Crippen LogP contribution in [0, 0.1) is 5.92 Å². The van der Waals surface area contributed by atoms with Gasteiger partial charge in [0.2, 0.25) is 10.0 Å². The van der Waals surface area contributed by atoms with Crippen molar-refractivity contribution in [3.63, 3.8) is 0 Å². The summed E-state index contributed by atoms with van der Waals surface area (Å²) in [6.45, 7) is 10.5. The average Bonchev–Trinajstić information content (AvgIpc) is 2.53. The van der Waals surface area contributed by atoms with Crippen molar-refractivity contribution in [3.05, 3.63) is 28.8 Å². The molecule has 142 valence electrons. The number of benzene rings is 1. The molecule has 1 rings (SSSR count). The smallest absolute Gasteiger partial charge is 0.253 e. The summed E-state index contributed by atoms with van der Waals surface area (Å²) in [4.78, 5) is 12.6. The van der Waals surface area contributed by atoms with Crippen LogP contribution in [0.25, 0.3) is 0 Å². The van der Waals surface area contributed by atoms with E-state index in [0.717, 1.165) is 12.8 Å². The third-order valence-corrected chi connectivity index (χ3v) is 6.46. The lowest BCUT2D eigenvalue weighted by Crippen LogP contribution is -2.33. The number of nitrogens with one attached hydrogen (secondary N) is 1. The number of hydrogen-bond acceptors (Lipinski definition) is 3. The second kappa shape index (κ2) is 9.55. The average molecular weight is 389 g/mol. The van der Waals surface area contributed by atoms with Crippen LogP contribution in [-0.4, -0.2) is 37.8 Å². The van der Waals surface area contributed by atoms with E-state index in [4.69, 9.17) is 11.6 Å². The normalized spacial score (nSPS) is 13.3. The van der Waals surface area contributed by atoms with Crippen molar-refractivity contribution in [2.45, 2.75) is 58.4 Å². The molecule has 0 heterocycles. The Morgan fingerprint density at radius 3 is 2.28 bits per heavy atom. The zero-order valence-electron chi connectivity index (χ0n) is 15.7. The Labute approximate surface area is 156 Å². The predicted molar refractivity (Wildman–Crippen MR) is 103 cm³/mol. The summed E-state index contributed by atoms with van der Waals surface area (Å²) in [6, 6.07) is 4.26. The maximum absolute atomic E-state index is 12.6. The van der Waals surface area contributed by atoms with Crippen molar-refractivity contribution >= 4 is 27.5 Å². The van der Waals surface area contributed by atoms with Gasteiger partial charge >= 0.3 is 0 Å². The molecular formula is C18H29ClN2O3S. The Morgan fingerprint density at radius 1 is 1.16 bits per heavy atom. The zero-order valence-corrected chi connectivity index (χ0v) is 17.2. The predicted octanol–water partition coefficient (Wildman–Crippen LogP) is 3.93. The molecular weight excluding hydrogens is 360 g/mol. The summed E-state index contributed by atoms with van der Waals surface area (Å²) in [5.74, 6) is 0.211. The number of amides is 1. The van der Waals surface area contributed by atoms with Crippen LogP contribution >= 0.6 is 11.6 Å². The number of carbonyl (C=O) groups excluding carboxylic acids is 1. The molecule has 1 atom stereocenters. The lowest BCUT2D eigenvalue weighted by Gasteiger charge is -2.19. The molecule has 0 aromatic heterocycles. The molecule has 5 nitrogen and oxygen atoms in total. The van der Waals surface area contributed by atoms with E-state index < -0.39 is 10.0 Å². The van der Waals surface area contributed by atoms with Gasteiger partial charge in [-0.25, -0.2) is 8.42 Å². The van der Waals surface area contributed by atoms with Crippen LogP contribution in [0.15, 0.2) is 23.1 Å². The van der Waals surface area contributed by atoms with Crippen molar-refractivity contribution in [1.82, 2.24) is 9.62 Å². The van der Waals surface area contributed by atoms with Crippen molar-refractivity contribution in [3.8, 4) is 0 Å². The Morgan fingerprint density at radius 2 is 1.76 bits per heavy atom. The first-order valence-electron chi connectivity index (χ1n) is 8.74. The second-order valence-corrected chi connectivity index (χ2v) is 8.92. The topological polar surface area (TPSA) is 66.5 Å². The number of nitrogens with zero attached hydrogens (tertiary/aromatic N) is 1. The van der Waals surface area contributed by atoms with Gasteiger partial charge < -0.3 is 5.32 Å². The van der Waals surface area contributed by atoms with Gasteiger partial charge in [0.05, 0.1) is 15.5 Å². The highest BCUT2D eigenvalue weighted by atomic mass is 35.5. The van der Waals surface area contributed by atoms with Crippen molar-refractivity contribution in [2.24, 2.45) is 5.92 Å². The summed E-state index contributed by atoms with van der Waals surface area (Å²) in [5.41, 5.74) is 0.186. The molecule has 25 heavy (non-hydrogen) atoms. The van der Waals surface area contributed by atoms with Crippen LogP contribution in [0.2, 0.25) is 5.02 Å². The van der Waals surface area contributed by atoms with Crippen LogP contribution in [0.3, 0.4) is 0 Å². The molecule has 0 fully saturated rings. The highest BCUT2D eigenvalue weighted by Crippen LogP contribution is 2.23. The van der Waals surface area contributed by atoms with Crippen LogP contribution in [0.4, 0.5) is 0 Å². The Bertz CT molecular complexity index is 686. The summed E-state index contributed by atoms with van der Waals surface area (Å²) < 4.78 is 26.6. The maximum Gasteiger partial charge on any atom is 0.253 e. The van der Waals surface area contributed by atoms with Gasteiger partial charge in [0.1, 0.15) is 0 Å². The molecule has 0 unspecified atom stereocenters. The fourth-order valence-corrected chi connectivity index (χ4v) is 4.20. The number of sulfonamides is 1. The van der Waals surface area contributed by atoms with Crippen molar-refractivity contribution in [2.75, 3.05) is 13.1 Å². The van der Waals surface area contributed by atoms with Crippen LogP contribution in [0.5, 0.6) is 0 Å². The largest absolute Gasteiger partial charge is 0.350 e. The van der Waals surface area contributed by atoms with Crippen LogP contribution < -0.4 is 5.32 Å². The number of halogens is 1. The molecule has 1 N–H and O–H groups in total. The first-order valence-corrected chi connectivity index (χ1v) is 10.6. The highest BCUT2D eigenvalue weighted by molar-refractivity contribution is 7.89. The van der Waals surface area contributed by atoms with Crippen molar-refractivity contribution < 1.29 is 13.2 Å². The molecule has 1 amide bonds. The molecule has 0 bridgehead atoms. The zero-order chi connectivity index (χ0) is 19.2. The Hall–Kier alpha value is -1.11. The van der Waals surface area contributed by atoms with E-state index in [9.17, 15) is 13.2 Å². The molecule has 0 saturated heterocycles. The van der Waals surface area contributed by atoms with E-state index in [2.05, 4.69) is 19.2 Å². The van der Waals surface area contributed by atoms with E-state index in [1.807, 2.05) is 6.92 Å². The van der Waals surface area contributed by atoms with Gasteiger partial charge in [0.25, 0.3) is 5.91 Å². The van der Waals surface area contributed by atoms with Crippen LogP contribution in [0.1, 0.15) is 57.8 Å². The first kappa shape index (κ1) is 21.9. The van der Waals surface area contributed by atoms with E-state index in [1.165, 1.54) is 22.5 Å². The standard InChI is InChI=1S/C18H29ClN2O3S/c1-6-21(7-2)25(23,24)15-10-11-17(19)16(12-15)18(22)20-14(5)9-8-13(3)4/h10-14H,6-9H2,1-5H3,(H,20,22)/t14-/m1/s1. The molecule has 0 saturated carbocycles. The Balaban J connectivity index is 3.03. The van der Waals surface area contributed by atoms with Gasteiger partial charge in [-0.3, -0.25) is 4.79 Å². The monoisotopic (exact) mass is 388 g/mol. The quantitative estimate of drug-likeness (QED) is 0.697. The second-order valence-electron chi connectivity index (χ2n) is 6.58. The Kier molecular flexibility index (Phi) is 8.38. The fourth-order valence-electron chi connectivity index (χ4n) is 2.51. The lowest BCUT2D eigenvalue weighted by atomic mass is 10.0. The fraction of sp³-hybridized carbons (Fsp3) is 0.611. The van der Waals surface area contributed by atoms with E-state index in [-0.39, 0.29) is 27.4 Å². The lowest BCUT2D eigenvalue weighted by molar-refractivity contribution is 0.0937. The van der Waals surface area contributed by atoms with Gasteiger partial charge in [0, 0.05) is 19.1 Å². The molecule has 7 heteroatoms. The molecule has 1 aromatic carbocycles. The van der Waals surface area contributed by atoms with Crippen LogP contribution in [-0.2, 0) is 10.0 Å². The number of rotatable bonds is 9. The number of hydrogen-bond donors (Lipinski definition) is 1. The molecule has 0 radical (unpaired) electrons. The minimum Gasteiger partial charge on any atom is -0.350 e. The molecule has 1 aromatic rings. The summed E-state index contributed by atoms with van der Waals surface area (Å²) in [5, 5.41) is 3.14. The molecule has 0 aliphatic heterocycles. The maximum atomic E-state index is 12.6. The van der Waals surface area contributed by atoms with Gasteiger partial charge in [-0.2, -0.15) is 4.31 Å². The molecule has 0 spiro atoms. The van der Waals surface area contributed by atoms with Gasteiger partial charge in [-0.1, -0.05) is 39.3 Å². The summed E-state index contributed by atoms with van der Waals surface area (Å²) >= 11 is 6.13. The third-order valence-electron chi connectivity index (χ3n) is 4.08. The minimum absolute atomic E-state index is 0.00554.